The Morgan fingerprint density at radius 2 is 2.21 bits per heavy atom. The van der Waals surface area contributed by atoms with Crippen LogP contribution in [-0.4, -0.2) is 11.2 Å². The van der Waals surface area contributed by atoms with Crippen LogP contribution in [0.2, 0.25) is 0 Å². The van der Waals surface area contributed by atoms with Crippen LogP contribution >= 0.6 is 11.3 Å². The summed E-state index contributed by atoms with van der Waals surface area (Å²) in [6.07, 6.45) is 3.15. The fourth-order valence-corrected chi connectivity index (χ4v) is 1.46. The van der Waals surface area contributed by atoms with Gasteiger partial charge in [-0.2, -0.15) is 0 Å². The number of hydrogen-bond donors (Lipinski definition) is 0. The molecule has 70 valence electrons. The van der Waals surface area contributed by atoms with E-state index in [1.165, 1.54) is 23.6 Å². The Balaban J connectivity index is 2.23. The van der Waals surface area contributed by atoms with Crippen molar-refractivity contribution < 1.29 is 4.39 Å². The van der Waals surface area contributed by atoms with E-state index in [2.05, 4.69) is 9.98 Å². The maximum Gasteiger partial charge on any atom is 0.209 e. The molecule has 2 rings (SSSR count). The van der Waals surface area contributed by atoms with Gasteiger partial charge >= 0.3 is 0 Å². The molecule has 0 unspecified atom stereocenters. The fourth-order valence-electron chi connectivity index (χ4n) is 0.984. The summed E-state index contributed by atoms with van der Waals surface area (Å²) in [4.78, 5) is 8.00. The second-order valence-corrected chi connectivity index (χ2v) is 3.47. The lowest BCUT2D eigenvalue weighted by molar-refractivity contribution is 0.626. The van der Waals surface area contributed by atoms with Gasteiger partial charge in [0, 0.05) is 23.4 Å². The number of hydrogen-bond acceptors (Lipinski definition) is 3. The molecule has 0 N–H and O–H groups in total. The van der Waals surface area contributed by atoms with E-state index in [-0.39, 0.29) is 5.82 Å². The first-order chi connectivity index (χ1) is 6.86. The summed E-state index contributed by atoms with van der Waals surface area (Å²) in [5, 5.41) is 2.46. The zero-order chi connectivity index (χ0) is 9.80. The van der Waals surface area contributed by atoms with E-state index in [1.54, 1.807) is 24.4 Å². The van der Waals surface area contributed by atoms with Crippen molar-refractivity contribution in [3.8, 4) is 0 Å². The molecule has 0 saturated heterocycles. The molecule has 0 atom stereocenters. The molecule has 0 aliphatic carbocycles. The minimum atomic E-state index is -0.271. The van der Waals surface area contributed by atoms with E-state index >= 15 is 0 Å². The Morgan fingerprint density at radius 3 is 2.93 bits per heavy atom. The van der Waals surface area contributed by atoms with Crippen LogP contribution < -0.4 is 0 Å². The smallest absolute Gasteiger partial charge is 0.209 e. The Hall–Kier alpha value is -1.55. The Labute approximate surface area is 84.8 Å². The number of nitrogens with zero attached hydrogens (tertiary/aromatic N) is 2. The Morgan fingerprint density at radius 1 is 1.36 bits per heavy atom. The zero-order valence-electron chi connectivity index (χ0n) is 7.22. The molecule has 0 amide bonds. The predicted octanol–water partition coefficient (Wildman–Crippen LogP) is 3.03. The second-order valence-electron chi connectivity index (χ2n) is 2.59. The third-order valence-corrected chi connectivity index (χ3v) is 2.32. The van der Waals surface area contributed by atoms with Gasteiger partial charge in [-0.05, 0) is 6.07 Å². The van der Waals surface area contributed by atoms with Gasteiger partial charge in [0.1, 0.15) is 5.82 Å². The van der Waals surface area contributed by atoms with E-state index in [1.807, 2.05) is 5.38 Å². The lowest BCUT2D eigenvalue weighted by Crippen LogP contribution is -1.85. The van der Waals surface area contributed by atoms with Gasteiger partial charge in [-0.15, -0.1) is 11.3 Å². The molecule has 0 radical (unpaired) electrons. The first-order valence-electron chi connectivity index (χ1n) is 4.04. The van der Waals surface area contributed by atoms with E-state index in [9.17, 15) is 4.39 Å². The van der Waals surface area contributed by atoms with E-state index in [0.29, 0.717) is 10.7 Å². The summed E-state index contributed by atoms with van der Waals surface area (Å²) < 4.78 is 13.1. The van der Waals surface area contributed by atoms with E-state index < -0.39 is 0 Å². The van der Waals surface area contributed by atoms with Crippen molar-refractivity contribution in [2.45, 2.75) is 0 Å². The number of thiazole rings is 1. The molecular formula is C10H7FN2S. The van der Waals surface area contributed by atoms with Crippen LogP contribution in [0.3, 0.4) is 0 Å². The third-order valence-electron chi connectivity index (χ3n) is 1.64. The highest BCUT2D eigenvalue weighted by atomic mass is 32.1. The first-order valence-corrected chi connectivity index (χ1v) is 4.92. The maximum atomic E-state index is 13.1. The van der Waals surface area contributed by atoms with Crippen LogP contribution in [-0.2, 0) is 0 Å². The molecule has 0 saturated carbocycles. The Bertz CT molecular complexity index is 437. The summed E-state index contributed by atoms with van der Waals surface area (Å²) in [6.45, 7) is 0. The lowest BCUT2D eigenvalue weighted by Gasteiger charge is -1.92. The topological polar surface area (TPSA) is 25.2 Å². The summed E-state index contributed by atoms with van der Waals surface area (Å²) >= 11 is 1.42. The van der Waals surface area contributed by atoms with Crippen molar-refractivity contribution in [1.29, 1.82) is 0 Å². The van der Waals surface area contributed by atoms with Crippen molar-refractivity contribution in [2.75, 3.05) is 0 Å². The molecule has 1 heterocycles. The van der Waals surface area contributed by atoms with E-state index in [4.69, 9.17) is 0 Å². The van der Waals surface area contributed by atoms with Crippen molar-refractivity contribution in [3.63, 3.8) is 0 Å². The van der Waals surface area contributed by atoms with Crippen LogP contribution in [0, 0.1) is 5.82 Å². The first kappa shape index (κ1) is 9.02. The highest BCUT2D eigenvalue weighted by Crippen LogP contribution is 2.14. The molecule has 1 aromatic heterocycles. The molecule has 14 heavy (non-hydrogen) atoms. The van der Waals surface area contributed by atoms with Gasteiger partial charge in [0.05, 0.1) is 0 Å². The van der Waals surface area contributed by atoms with Gasteiger partial charge in [-0.25, -0.2) is 14.4 Å². The second kappa shape index (κ2) is 4.11. The highest BCUT2D eigenvalue weighted by molar-refractivity contribution is 7.13. The van der Waals surface area contributed by atoms with Crippen molar-refractivity contribution in [3.05, 3.63) is 47.2 Å². The standard InChI is InChI=1S/C10H7FN2S/c11-9-4-2-1-3-8(9)7-13-10-12-5-6-14-10/h1-7H/b13-7-. The number of aromatic nitrogens is 1. The molecule has 2 aromatic rings. The molecule has 0 fully saturated rings. The average Bonchev–Trinajstić information content (AvgIpc) is 2.69. The molecule has 0 spiro atoms. The molecule has 1 aromatic carbocycles. The van der Waals surface area contributed by atoms with Gasteiger partial charge in [-0.3, -0.25) is 0 Å². The van der Waals surface area contributed by atoms with Gasteiger partial charge in [0.25, 0.3) is 0 Å². The number of halogens is 1. The van der Waals surface area contributed by atoms with Gasteiger partial charge in [0.15, 0.2) is 0 Å². The van der Waals surface area contributed by atoms with Gasteiger partial charge in [0.2, 0.25) is 5.13 Å². The molecular weight excluding hydrogens is 199 g/mol. The highest BCUT2D eigenvalue weighted by Gasteiger charge is 1.96. The largest absolute Gasteiger partial charge is 0.227 e. The van der Waals surface area contributed by atoms with Crippen molar-refractivity contribution in [1.82, 2.24) is 4.98 Å². The zero-order valence-corrected chi connectivity index (χ0v) is 8.04. The van der Waals surface area contributed by atoms with Crippen molar-refractivity contribution in [2.24, 2.45) is 4.99 Å². The maximum absolute atomic E-state index is 13.1. The predicted molar refractivity (Wildman–Crippen MR) is 55.8 cm³/mol. The summed E-state index contributed by atoms with van der Waals surface area (Å²) in [5.74, 6) is -0.271. The lowest BCUT2D eigenvalue weighted by atomic mass is 10.2. The SMILES string of the molecule is Fc1ccccc1/C=N\c1nccs1. The van der Waals surface area contributed by atoms with E-state index in [0.717, 1.165) is 0 Å². The minimum Gasteiger partial charge on any atom is -0.227 e. The third kappa shape index (κ3) is 2.03. The van der Waals surface area contributed by atoms with Gasteiger partial charge in [-0.1, -0.05) is 18.2 Å². The Kier molecular flexibility index (Phi) is 2.65. The average molecular weight is 206 g/mol. The number of aliphatic imine (C=N–C) groups is 1. The summed E-state index contributed by atoms with van der Waals surface area (Å²) in [7, 11) is 0. The number of rotatable bonds is 2. The molecule has 2 nitrogen and oxygen atoms in total. The fraction of sp³-hybridized carbons (Fsp3) is 0. The number of benzene rings is 1. The van der Waals surface area contributed by atoms with Gasteiger partial charge < -0.3 is 0 Å². The molecule has 4 heteroatoms. The monoisotopic (exact) mass is 206 g/mol. The quantitative estimate of drug-likeness (QED) is 0.693. The van der Waals surface area contributed by atoms with Crippen LogP contribution in [0.5, 0.6) is 0 Å². The molecule has 0 bridgehead atoms. The molecule has 0 aliphatic rings. The van der Waals surface area contributed by atoms with Crippen LogP contribution in [0.25, 0.3) is 0 Å². The summed E-state index contributed by atoms with van der Waals surface area (Å²) in [5.41, 5.74) is 0.475. The van der Waals surface area contributed by atoms with Crippen LogP contribution in [0.4, 0.5) is 9.52 Å². The van der Waals surface area contributed by atoms with Crippen LogP contribution in [0.15, 0.2) is 40.8 Å². The van der Waals surface area contributed by atoms with Crippen LogP contribution in [0.1, 0.15) is 5.56 Å². The minimum absolute atomic E-state index is 0.271. The normalized spacial score (nSPS) is 10.9. The summed E-state index contributed by atoms with van der Waals surface area (Å²) in [6, 6.07) is 6.50. The molecule has 0 aliphatic heterocycles. The van der Waals surface area contributed by atoms with Crippen molar-refractivity contribution >= 4 is 22.7 Å².